The standard InChI is InChI=1S/C8H13F3O2/c1-7(12)4-2-6(3-5-7)13-8(9,10)11/h6,12H,2-5H2,1H3. The van der Waals surface area contributed by atoms with Gasteiger partial charge in [0.15, 0.2) is 0 Å². The third-order valence-corrected chi connectivity index (χ3v) is 2.31. The minimum Gasteiger partial charge on any atom is -0.390 e. The van der Waals surface area contributed by atoms with Gasteiger partial charge in [-0.25, -0.2) is 0 Å². The molecule has 0 bridgehead atoms. The zero-order valence-corrected chi connectivity index (χ0v) is 7.40. The Morgan fingerprint density at radius 2 is 1.77 bits per heavy atom. The van der Waals surface area contributed by atoms with E-state index in [1.54, 1.807) is 6.92 Å². The van der Waals surface area contributed by atoms with Crippen LogP contribution in [0.2, 0.25) is 0 Å². The zero-order valence-electron chi connectivity index (χ0n) is 7.40. The van der Waals surface area contributed by atoms with Crippen LogP contribution < -0.4 is 0 Å². The van der Waals surface area contributed by atoms with Gasteiger partial charge in [0.05, 0.1) is 11.7 Å². The maximum atomic E-state index is 11.7. The lowest BCUT2D eigenvalue weighted by molar-refractivity contribution is -0.347. The maximum absolute atomic E-state index is 11.7. The SMILES string of the molecule is CC1(O)CCC(OC(F)(F)F)CC1. The molecule has 0 atom stereocenters. The molecule has 0 radical (unpaired) electrons. The number of hydrogen-bond donors (Lipinski definition) is 1. The van der Waals surface area contributed by atoms with Crippen molar-refractivity contribution in [1.29, 1.82) is 0 Å². The number of aliphatic hydroxyl groups is 1. The second kappa shape index (κ2) is 3.46. The summed E-state index contributed by atoms with van der Waals surface area (Å²) in [4.78, 5) is 0. The summed E-state index contributed by atoms with van der Waals surface area (Å²) in [5, 5.41) is 9.45. The van der Waals surface area contributed by atoms with Gasteiger partial charge in [-0.2, -0.15) is 0 Å². The van der Waals surface area contributed by atoms with Gasteiger partial charge >= 0.3 is 6.36 Å². The largest absolute Gasteiger partial charge is 0.522 e. The van der Waals surface area contributed by atoms with Crippen molar-refractivity contribution in [2.45, 2.75) is 50.7 Å². The molecule has 0 saturated heterocycles. The molecule has 2 nitrogen and oxygen atoms in total. The lowest BCUT2D eigenvalue weighted by Crippen LogP contribution is -2.35. The Morgan fingerprint density at radius 3 is 2.15 bits per heavy atom. The molecule has 0 aromatic carbocycles. The number of alkyl halides is 3. The van der Waals surface area contributed by atoms with Crippen molar-refractivity contribution in [2.75, 3.05) is 0 Å². The molecule has 0 amide bonds. The molecule has 78 valence electrons. The second-order valence-electron chi connectivity index (χ2n) is 3.76. The highest BCUT2D eigenvalue weighted by Crippen LogP contribution is 2.32. The minimum atomic E-state index is -4.55. The molecule has 0 heterocycles. The third-order valence-electron chi connectivity index (χ3n) is 2.31. The van der Waals surface area contributed by atoms with Crippen LogP contribution in [0.5, 0.6) is 0 Å². The molecular weight excluding hydrogens is 185 g/mol. The van der Waals surface area contributed by atoms with Gasteiger partial charge in [-0.15, -0.1) is 13.2 Å². The van der Waals surface area contributed by atoms with Crippen LogP contribution in [0.15, 0.2) is 0 Å². The van der Waals surface area contributed by atoms with Crippen LogP contribution in [0, 0.1) is 0 Å². The van der Waals surface area contributed by atoms with Gasteiger partial charge < -0.3 is 5.11 Å². The summed E-state index contributed by atoms with van der Waals surface area (Å²) in [7, 11) is 0. The highest BCUT2D eigenvalue weighted by atomic mass is 19.4. The van der Waals surface area contributed by atoms with Gasteiger partial charge in [0.25, 0.3) is 0 Å². The summed E-state index contributed by atoms with van der Waals surface area (Å²) in [6.45, 7) is 1.64. The van der Waals surface area contributed by atoms with Crippen LogP contribution in [0.3, 0.4) is 0 Å². The maximum Gasteiger partial charge on any atom is 0.522 e. The fraction of sp³-hybridized carbons (Fsp3) is 1.00. The normalized spacial score (nSPS) is 36.2. The Morgan fingerprint density at radius 1 is 1.31 bits per heavy atom. The van der Waals surface area contributed by atoms with Crippen molar-refractivity contribution in [3.05, 3.63) is 0 Å². The third kappa shape index (κ3) is 3.95. The molecule has 1 saturated carbocycles. The first-order valence-corrected chi connectivity index (χ1v) is 4.25. The monoisotopic (exact) mass is 198 g/mol. The molecule has 0 unspecified atom stereocenters. The smallest absolute Gasteiger partial charge is 0.390 e. The molecule has 1 aliphatic rings. The summed E-state index contributed by atoms with van der Waals surface area (Å²) >= 11 is 0. The van der Waals surface area contributed by atoms with Crippen LogP contribution in [-0.4, -0.2) is 23.2 Å². The Bertz CT molecular complexity index is 167. The first kappa shape index (κ1) is 10.8. The van der Waals surface area contributed by atoms with Gasteiger partial charge in [-0.1, -0.05) is 0 Å². The van der Waals surface area contributed by atoms with Gasteiger partial charge in [-0.3, -0.25) is 4.74 Å². The Hall–Kier alpha value is -0.290. The molecule has 13 heavy (non-hydrogen) atoms. The molecule has 5 heteroatoms. The summed E-state index contributed by atoms with van der Waals surface area (Å²) < 4.78 is 39.1. The Kier molecular flexibility index (Phi) is 2.87. The Balaban J connectivity index is 2.34. The topological polar surface area (TPSA) is 29.5 Å². The Labute approximate surface area is 74.7 Å². The summed E-state index contributed by atoms with van der Waals surface area (Å²) in [5.74, 6) is 0. The van der Waals surface area contributed by atoms with E-state index < -0.39 is 18.1 Å². The van der Waals surface area contributed by atoms with Crippen molar-refractivity contribution in [1.82, 2.24) is 0 Å². The van der Waals surface area contributed by atoms with E-state index in [2.05, 4.69) is 4.74 Å². The predicted molar refractivity (Wildman–Crippen MR) is 40.0 cm³/mol. The van der Waals surface area contributed by atoms with Crippen LogP contribution in [0.1, 0.15) is 32.6 Å². The first-order valence-electron chi connectivity index (χ1n) is 4.25. The fourth-order valence-electron chi connectivity index (χ4n) is 1.52. The van der Waals surface area contributed by atoms with E-state index in [1.807, 2.05) is 0 Å². The molecule has 1 N–H and O–H groups in total. The zero-order chi connectivity index (χ0) is 10.1. The van der Waals surface area contributed by atoms with E-state index in [1.165, 1.54) is 0 Å². The number of rotatable bonds is 1. The molecule has 1 aliphatic carbocycles. The van der Waals surface area contributed by atoms with E-state index in [9.17, 15) is 18.3 Å². The molecule has 0 spiro atoms. The predicted octanol–water partition coefficient (Wildman–Crippen LogP) is 2.22. The molecule has 1 rings (SSSR count). The minimum absolute atomic E-state index is 0.270. The van der Waals surface area contributed by atoms with Crippen molar-refractivity contribution in [3.63, 3.8) is 0 Å². The lowest BCUT2D eigenvalue weighted by atomic mass is 9.85. The van der Waals surface area contributed by atoms with Crippen molar-refractivity contribution in [2.24, 2.45) is 0 Å². The van der Waals surface area contributed by atoms with E-state index in [-0.39, 0.29) is 12.8 Å². The highest BCUT2D eigenvalue weighted by molar-refractivity contribution is 4.81. The van der Waals surface area contributed by atoms with Crippen molar-refractivity contribution >= 4 is 0 Å². The van der Waals surface area contributed by atoms with Gasteiger partial charge in [0.2, 0.25) is 0 Å². The lowest BCUT2D eigenvalue weighted by Gasteiger charge is -2.33. The molecule has 0 aromatic heterocycles. The quantitative estimate of drug-likeness (QED) is 0.700. The van der Waals surface area contributed by atoms with Gasteiger partial charge in [0, 0.05) is 0 Å². The van der Waals surface area contributed by atoms with E-state index in [0.717, 1.165) is 0 Å². The molecular formula is C8H13F3O2. The summed E-state index contributed by atoms with van der Waals surface area (Å²) in [6, 6.07) is 0. The average molecular weight is 198 g/mol. The van der Waals surface area contributed by atoms with Crippen LogP contribution >= 0.6 is 0 Å². The van der Waals surface area contributed by atoms with E-state index >= 15 is 0 Å². The average Bonchev–Trinajstić information content (AvgIpc) is 1.91. The van der Waals surface area contributed by atoms with Crippen molar-refractivity contribution < 1.29 is 23.0 Å². The molecule has 1 fully saturated rings. The molecule has 0 aliphatic heterocycles. The first-order chi connectivity index (χ1) is 5.79. The fourth-order valence-corrected chi connectivity index (χ4v) is 1.52. The summed E-state index contributed by atoms with van der Waals surface area (Å²) in [5.41, 5.74) is -0.814. The number of ether oxygens (including phenoxy) is 1. The van der Waals surface area contributed by atoms with E-state index in [4.69, 9.17) is 0 Å². The summed E-state index contributed by atoms with van der Waals surface area (Å²) in [6.07, 6.45) is -4.05. The van der Waals surface area contributed by atoms with Gasteiger partial charge in [-0.05, 0) is 32.6 Å². The van der Waals surface area contributed by atoms with Gasteiger partial charge in [0.1, 0.15) is 0 Å². The van der Waals surface area contributed by atoms with E-state index in [0.29, 0.717) is 12.8 Å². The number of halogens is 3. The molecule has 0 aromatic rings. The van der Waals surface area contributed by atoms with Crippen LogP contribution in [0.4, 0.5) is 13.2 Å². The van der Waals surface area contributed by atoms with Crippen molar-refractivity contribution in [3.8, 4) is 0 Å². The van der Waals surface area contributed by atoms with Crippen LogP contribution in [0.25, 0.3) is 0 Å². The van der Waals surface area contributed by atoms with Crippen LogP contribution in [-0.2, 0) is 4.74 Å². The highest BCUT2D eigenvalue weighted by Gasteiger charge is 2.37. The number of hydrogen-bond acceptors (Lipinski definition) is 2. The second-order valence-corrected chi connectivity index (χ2v) is 3.76.